The van der Waals surface area contributed by atoms with E-state index in [0.29, 0.717) is 22.0 Å². The van der Waals surface area contributed by atoms with E-state index >= 15 is 0 Å². The SMILES string of the molecule is Cc1ccc(C(=O)Nc2cccc(C(F)(F)F)c2)cc1-c1cc2cnc(N)nc2c(-c2ncco2)c1O. The van der Waals surface area contributed by atoms with Crippen LogP contribution in [0.15, 0.2) is 71.6 Å². The predicted octanol–water partition coefficient (Wildman–Crippen LogP) is 5.82. The quantitative estimate of drug-likeness (QED) is 0.281. The zero-order valence-electron chi connectivity index (χ0n) is 19.2. The number of rotatable bonds is 4. The molecule has 0 aliphatic heterocycles. The third kappa shape index (κ3) is 4.54. The molecule has 0 radical (unpaired) electrons. The highest BCUT2D eigenvalue weighted by atomic mass is 19.4. The highest BCUT2D eigenvalue weighted by Gasteiger charge is 2.30. The summed E-state index contributed by atoms with van der Waals surface area (Å²) in [4.78, 5) is 25.3. The monoisotopic (exact) mass is 505 g/mol. The van der Waals surface area contributed by atoms with Crippen molar-refractivity contribution < 1.29 is 27.5 Å². The van der Waals surface area contributed by atoms with Crippen LogP contribution >= 0.6 is 0 Å². The first-order valence-electron chi connectivity index (χ1n) is 10.9. The second kappa shape index (κ2) is 8.94. The van der Waals surface area contributed by atoms with Crippen LogP contribution in [0.1, 0.15) is 21.5 Å². The van der Waals surface area contributed by atoms with Crippen molar-refractivity contribution >= 4 is 28.4 Å². The number of aryl methyl sites for hydroxylation is 1. The van der Waals surface area contributed by atoms with Crippen molar-refractivity contribution in [3.63, 3.8) is 0 Å². The van der Waals surface area contributed by atoms with E-state index in [2.05, 4.69) is 20.3 Å². The molecule has 5 rings (SSSR count). The van der Waals surface area contributed by atoms with Crippen molar-refractivity contribution in [3.8, 4) is 28.3 Å². The van der Waals surface area contributed by atoms with Gasteiger partial charge in [0.05, 0.1) is 17.3 Å². The second-order valence-electron chi connectivity index (χ2n) is 8.21. The van der Waals surface area contributed by atoms with Crippen LogP contribution < -0.4 is 11.1 Å². The Morgan fingerprint density at radius 3 is 2.62 bits per heavy atom. The van der Waals surface area contributed by atoms with E-state index in [1.165, 1.54) is 36.9 Å². The zero-order chi connectivity index (χ0) is 26.3. The number of hydrogen-bond acceptors (Lipinski definition) is 7. The number of phenolic OH excluding ortho intramolecular Hbond substituents is 1. The molecule has 4 N–H and O–H groups in total. The van der Waals surface area contributed by atoms with Gasteiger partial charge in [0.25, 0.3) is 5.91 Å². The Kier molecular flexibility index (Phi) is 5.75. The lowest BCUT2D eigenvalue weighted by molar-refractivity contribution is -0.137. The van der Waals surface area contributed by atoms with Crippen LogP contribution in [-0.2, 0) is 6.18 Å². The Labute approximate surface area is 207 Å². The van der Waals surface area contributed by atoms with Gasteiger partial charge in [0.2, 0.25) is 11.8 Å². The van der Waals surface area contributed by atoms with Crippen LogP contribution in [0, 0.1) is 6.92 Å². The van der Waals surface area contributed by atoms with Crippen molar-refractivity contribution in [3.05, 3.63) is 83.9 Å². The Hall–Kier alpha value is -4.93. The van der Waals surface area contributed by atoms with Crippen LogP contribution in [-0.4, -0.2) is 26.0 Å². The minimum atomic E-state index is -4.54. The molecule has 8 nitrogen and oxygen atoms in total. The average Bonchev–Trinajstić information content (AvgIpc) is 3.38. The number of oxazole rings is 1. The van der Waals surface area contributed by atoms with Crippen molar-refractivity contribution in [2.24, 2.45) is 0 Å². The molecule has 3 aromatic carbocycles. The molecule has 2 heterocycles. The van der Waals surface area contributed by atoms with Gasteiger partial charge >= 0.3 is 6.18 Å². The number of amides is 1. The summed E-state index contributed by atoms with van der Waals surface area (Å²) in [7, 11) is 0. The average molecular weight is 505 g/mol. The Bertz CT molecular complexity index is 1650. The first kappa shape index (κ1) is 23.8. The molecule has 37 heavy (non-hydrogen) atoms. The van der Waals surface area contributed by atoms with Gasteiger partial charge in [-0.05, 0) is 54.4 Å². The van der Waals surface area contributed by atoms with Gasteiger partial charge in [0, 0.05) is 28.4 Å². The number of nitrogen functional groups attached to an aromatic ring is 1. The van der Waals surface area contributed by atoms with E-state index in [0.717, 1.165) is 17.7 Å². The van der Waals surface area contributed by atoms with E-state index in [1.54, 1.807) is 25.1 Å². The number of phenols is 1. The molecule has 0 spiro atoms. The van der Waals surface area contributed by atoms with Crippen LogP contribution in [0.3, 0.4) is 0 Å². The number of aromatic nitrogens is 3. The number of alkyl halides is 3. The summed E-state index contributed by atoms with van der Waals surface area (Å²) in [6, 6.07) is 10.8. The maximum absolute atomic E-state index is 13.1. The van der Waals surface area contributed by atoms with Crippen molar-refractivity contribution in [2.45, 2.75) is 13.1 Å². The first-order valence-corrected chi connectivity index (χ1v) is 10.9. The largest absolute Gasteiger partial charge is 0.506 e. The molecule has 0 aliphatic rings. The highest BCUT2D eigenvalue weighted by molar-refractivity contribution is 6.06. The number of nitrogens with two attached hydrogens (primary N) is 1. The van der Waals surface area contributed by atoms with Gasteiger partial charge in [0.1, 0.15) is 17.6 Å². The highest BCUT2D eigenvalue weighted by Crippen LogP contribution is 2.43. The molecule has 1 amide bonds. The number of nitrogens with one attached hydrogen (secondary N) is 1. The number of halogens is 3. The van der Waals surface area contributed by atoms with Gasteiger partial charge in [-0.3, -0.25) is 4.79 Å². The minimum absolute atomic E-state index is 0.00287. The third-order valence-corrected chi connectivity index (χ3v) is 5.75. The fraction of sp³-hybridized carbons (Fsp3) is 0.0769. The van der Waals surface area contributed by atoms with E-state index in [9.17, 15) is 23.1 Å². The first-order chi connectivity index (χ1) is 17.6. The molecule has 0 saturated heterocycles. The lowest BCUT2D eigenvalue weighted by Gasteiger charge is -2.15. The number of aromatic hydroxyl groups is 1. The summed E-state index contributed by atoms with van der Waals surface area (Å²) in [6.07, 6.45) is -0.281. The maximum Gasteiger partial charge on any atom is 0.416 e. The number of nitrogens with zero attached hydrogens (tertiary/aromatic N) is 3. The molecule has 0 bridgehead atoms. The summed E-state index contributed by atoms with van der Waals surface area (Å²) in [5.41, 5.74) is 7.14. The van der Waals surface area contributed by atoms with Gasteiger partial charge in [-0.25, -0.2) is 15.0 Å². The molecule has 0 fully saturated rings. The molecule has 0 saturated carbocycles. The summed E-state index contributed by atoms with van der Waals surface area (Å²) in [5.74, 6) is -0.716. The minimum Gasteiger partial charge on any atom is -0.506 e. The summed E-state index contributed by atoms with van der Waals surface area (Å²) >= 11 is 0. The molecule has 5 aromatic rings. The van der Waals surface area contributed by atoms with Crippen LogP contribution in [0.2, 0.25) is 0 Å². The van der Waals surface area contributed by atoms with Crippen molar-refractivity contribution in [1.82, 2.24) is 15.0 Å². The Morgan fingerprint density at radius 2 is 1.89 bits per heavy atom. The molecule has 11 heteroatoms. The normalized spacial score (nSPS) is 11.6. The number of benzene rings is 3. The van der Waals surface area contributed by atoms with Crippen LogP contribution in [0.5, 0.6) is 5.75 Å². The topological polar surface area (TPSA) is 127 Å². The predicted molar refractivity (Wildman–Crippen MR) is 131 cm³/mol. The van der Waals surface area contributed by atoms with E-state index in [-0.39, 0.29) is 34.4 Å². The van der Waals surface area contributed by atoms with Gasteiger partial charge in [-0.2, -0.15) is 13.2 Å². The molecule has 0 atom stereocenters. The summed E-state index contributed by atoms with van der Waals surface area (Å²) in [6.45, 7) is 1.79. The molecule has 186 valence electrons. The lowest BCUT2D eigenvalue weighted by atomic mass is 9.93. The van der Waals surface area contributed by atoms with Gasteiger partial charge in [-0.15, -0.1) is 0 Å². The maximum atomic E-state index is 13.1. The van der Waals surface area contributed by atoms with Crippen molar-refractivity contribution in [2.75, 3.05) is 11.1 Å². The van der Waals surface area contributed by atoms with Gasteiger partial charge in [-0.1, -0.05) is 12.1 Å². The van der Waals surface area contributed by atoms with Gasteiger partial charge < -0.3 is 20.6 Å². The van der Waals surface area contributed by atoms with Crippen LogP contribution in [0.25, 0.3) is 33.5 Å². The number of carbonyl (C=O) groups is 1. The fourth-order valence-corrected chi connectivity index (χ4v) is 3.97. The number of anilines is 2. The standard InChI is InChI=1S/C26H18F3N5O3/c1-13-5-6-14(23(36)33-17-4-2-3-16(11-17)26(27,28)29)9-18(13)19-10-15-12-32-25(30)34-21(15)20(22(19)35)24-31-7-8-37-24/h2-12,35H,1H3,(H,33,36)(H2,30,32,34). The van der Waals surface area contributed by atoms with E-state index in [1.807, 2.05) is 0 Å². The Balaban J connectivity index is 1.59. The number of hydrogen-bond donors (Lipinski definition) is 3. The fourth-order valence-electron chi connectivity index (χ4n) is 3.97. The summed E-state index contributed by atoms with van der Waals surface area (Å²) < 4.78 is 44.6. The zero-order valence-corrected chi connectivity index (χ0v) is 19.2. The molecular formula is C26H18F3N5O3. The molecule has 2 aromatic heterocycles. The lowest BCUT2D eigenvalue weighted by Crippen LogP contribution is -2.13. The number of carbonyl (C=O) groups excluding carboxylic acids is 1. The summed E-state index contributed by atoms with van der Waals surface area (Å²) in [5, 5.41) is 14.3. The van der Waals surface area contributed by atoms with E-state index in [4.69, 9.17) is 10.2 Å². The Morgan fingerprint density at radius 1 is 1.08 bits per heavy atom. The number of fused-ring (bicyclic) bond motifs is 1. The van der Waals surface area contributed by atoms with Gasteiger partial charge in [0.15, 0.2) is 0 Å². The smallest absolute Gasteiger partial charge is 0.416 e. The van der Waals surface area contributed by atoms with E-state index < -0.39 is 17.6 Å². The third-order valence-electron chi connectivity index (χ3n) is 5.75. The van der Waals surface area contributed by atoms with Crippen molar-refractivity contribution in [1.29, 1.82) is 0 Å². The second-order valence-corrected chi connectivity index (χ2v) is 8.21. The molecule has 0 unspecified atom stereocenters. The van der Waals surface area contributed by atoms with Crippen LogP contribution in [0.4, 0.5) is 24.8 Å². The molecule has 0 aliphatic carbocycles. The molecular weight excluding hydrogens is 487 g/mol.